The third-order valence-electron chi connectivity index (χ3n) is 11.7. The third-order valence-corrected chi connectivity index (χ3v) is 11.7. The van der Waals surface area contributed by atoms with Crippen molar-refractivity contribution < 1.29 is 14.7 Å². The van der Waals surface area contributed by atoms with Gasteiger partial charge in [-0.1, -0.05) is 158 Å². The van der Waals surface area contributed by atoms with E-state index in [-0.39, 0.29) is 11.5 Å². The second-order valence-electron chi connectivity index (χ2n) is 16.1. The lowest BCUT2D eigenvalue weighted by Gasteiger charge is -2.16. The van der Waals surface area contributed by atoms with E-state index in [1.807, 2.05) is 151 Å². The molecule has 0 saturated heterocycles. The van der Waals surface area contributed by atoms with Crippen LogP contribution in [-0.2, 0) is 26.2 Å². The first-order valence-electron chi connectivity index (χ1n) is 21.6. The Morgan fingerprint density at radius 2 is 1.12 bits per heavy atom. The number of nitrogens with one attached hydrogen (secondary N) is 3. The van der Waals surface area contributed by atoms with E-state index in [0.29, 0.717) is 42.8 Å². The number of rotatable bonds is 11. The van der Waals surface area contributed by atoms with Gasteiger partial charge in [0.05, 0.1) is 40.1 Å². The zero-order valence-corrected chi connectivity index (χ0v) is 35.4. The van der Waals surface area contributed by atoms with Crippen molar-refractivity contribution in [2.45, 2.75) is 26.2 Å². The summed E-state index contributed by atoms with van der Waals surface area (Å²) in [6.45, 7) is 2.19. The Bertz CT molecular complexity index is 3400. The van der Waals surface area contributed by atoms with E-state index in [4.69, 9.17) is 9.97 Å². The fourth-order valence-electron chi connectivity index (χ4n) is 8.53. The summed E-state index contributed by atoms with van der Waals surface area (Å²) in [7, 11) is 0. The van der Waals surface area contributed by atoms with E-state index >= 15 is 0 Å². The number of H-pyrrole nitrogens is 2. The zero-order chi connectivity index (χ0) is 44.1. The molecule has 9 heteroatoms. The fraction of sp³-hybridized carbons (Fsp3) is 0.0714. The molecule has 1 amide bonds. The molecule has 0 saturated carbocycles. The summed E-state index contributed by atoms with van der Waals surface area (Å²) < 4.78 is 0. The van der Waals surface area contributed by atoms with Gasteiger partial charge in [0.15, 0.2) is 0 Å². The van der Waals surface area contributed by atoms with Crippen LogP contribution in [0.15, 0.2) is 170 Å². The molecule has 4 N–H and O–H groups in total. The van der Waals surface area contributed by atoms with Crippen LogP contribution in [0.3, 0.4) is 0 Å². The molecule has 5 heterocycles. The van der Waals surface area contributed by atoms with Crippen molar-refractivity contribution in [1.82, 2.24) is 30.2 Å². The maximum Gasteiger partial charge on any atom is 0.338 e. The van der Waals surface area contributed by atoms with Gasteiger partial charge in [-0.25, -0.2) is 14.8 Å². The number of carbonyl (C=O) groups is 2. The summed E-state index contributed by atoms with van der Waals surface area (Å²) >= 11 is 0. The summed E-state index contributed by atoms with van der Waals surface area (Å²) in [5.41, 5.74) is 10.5. The van der Waals surface area contributed by atoms with Crippen molar-refractivity contribution >= 4 is 79.5 Å². The number of amides is 1. The molecule has 9 nitrogen and oxygen atoms in total. The van der Waals surface area contributed by atoms with Crippen molar-refractivity contribution in [3.8, 4) is 0 Å². The number of carboxylic acids is 1. The number of fused-ring (bicyclic) bond motifs is 8. The fourth-order valence-corrected chi connectivity index (χ4v) is 8.53. The number of aromatic carboxylic acids is 1. The van der Waals surface area contributed by atoms with Crippen LogP contribution < -0.4 is 5.32 Å². The second kappa shape index (κ2) is 18.1. The van der Waals surface area contributed by atoms with Gasteiger partial charge in [0.1, 0.15) is 0 Å². The predicted molar refractivity (Wildman–Crippen MR) is 262 cm³/mol. The normalized spacial score (nSPS) is 12.5. The highest BCUT2D eigenvalue weighted by Gasteiger charge is 2.32. The van der Waals surface area contributed by atoms with Crippen molar-refractivity contribution in [2.75, 3.05) is 0 Å². The average Bonchev–Trinajstić information content (AvgIpc) is 4.01. The van der Waals surface area contributed by atoms with E-state index < -0.39 is 5.97 Å². The molecule has 4 aromatic heterocycles. The largest absolute Gasteiger partial charge is 0.478 e. The Labute approximate surface area is 375 Å². The maximum atomic E-state index is 13.2. The van der Waals surface area contributed by atoms with Crippen LogP contribution in [0.2, 0.25) is 0 Å². The van der Waals surface area contributed by atoms with E-state index in [2.05, 4.69) is 63.8 Å². The zero-order valence-electron chi connectivity index (χ0n) is 35.4. The summed E-state index contributed by atoms with van der Waals surface area (Å²) in [5, 5.41) is 18.9. The molecule has 0 spiro atoms. The first-order valence-corrected chi connectivity index (χ1v) is 21.6. The monoisotopic (exact) mass is 848 g/mol. The Kier molecular flexibility index (Phi) is 11.3. The van der Waals surface area contributed by atoms with Crippen molar-refractivity contribution in [3.63, 3.8) is 0 Å². The number of nitrogens with zero attached hydrogens (tertiary/aromatic N) is 3. The van der Waals surface area contributed by atoms with Crippen molar-refractivity contribution in [1.29, 1.82) is 0 Å². The van der Waals surface area contributed by atoms with Crippen LogP contribution in [0, 0.1) is 0 Å². The van der Waals surface area contributed by atoms with Crippen LogP contribution in [0.25, 0.3) is 67.7 Å². The molecule has 0 bridgehead atoms. The van der Waals surface area contributed by atoms with Crippen LogP contribution in [0.4, 0.5) is 0 Å². The molecule has 1 aliphatic rings. The van der Waals surface area contributed by atoms with Crippen LogP contribution in [0.5, 0.6) is 0 Å². The number of benzene rings is 6. The lowest BCUT2D eigenvalue weighted by molar-refractivity contribution is 0.0696. The Morgan fingerprint density at radius 1 is 0.600 bits per heavy atom. The number of carbonyl (C=O) groups excluding carboxylic acids is 1. The standard InChI is InChI=1S/C28H23N3O2.C28H21N3O/c32-28(33)26-23-14-12-21-17-30-22(13-11-19-7-3-1-4-8-19)15-24(21)27(23)31-25(26)18-29-16-20-9-5-2-6-10-20;32-28-26-23-14-12-21-16-29-22(13-11-19-7-3-1-4-8-19)15-24(21)27(23)30-25(26)18-31(28)17-20-9-5-2-6-10-20/h1-15,17,29-30H,16,18H2,(H,32,33);1-16,29H,17-18H2/b2*13-11+. The molecule has 11 rings (SSSR count). The molecular formula is C56H44N6O3. The topological polar surface area (TPSA) is 127 Å². The van der Waals surface area contributed by atoms with Gasteiger partial charge in [0.25, 0.3) is 5.91 Å². The minimum absolute atomic E-state index is 0.0670. The van der Waals surface area contributed by atoms with Crippen LogP contribution in [-0.4, -0.2) is 41.8 Å². The van der Waals surface area contributed by atoms with Crippen LogP contribution in [0.1, 0.15) is 65.7 Å². The maximum absolute atomic E-state index is 13.2. The average molecular weight is 849 g/mol. The molecule has 0 atom stereocenters. The number of hydrogen-bond donors (Lipinski definition) is 4. The minimum Gasteiger partial charge on any atom is -0.478 e. The van der Waals surface area contributed by atoms with Gasteiger partial charge in [0, 0.05) is 65.0 Å². The number of carboxylic acid groups (broad SMARTS) is 1. The van der Waals surface area contributed by atoms with Gasteiger partial charge < -0.3 is 25.3 Å². The SMILES string of the molecule is O=C(O)c1c(CNCc2ccccc2)nc2c1ccc1c[nH]c(/C=C/c3ccccc3)cc12.O=C1c2c(nc3c2ccc2c[nH]c(/C=C/c4ccccc4)cc23)CN1Cc1ccccc1. The highest BCUT2D eigenvalue weighted by molar-refractivity contribution is 6.17. The number of aromatic nitrogens is 4. The highest BCUT2D eigenvalue weighted by Crippen LogP contribution is 2.35. The van der Waals surface area contributed by atoms with E-state index in [0.717, 1.165) is 77.3 Å². The third kappa shape index (κ3) is 8.69. The molecule has 0 fully saturated rings. The molecule has 10 aromatic rings. The number of pyridine rings is 2. The molecule has 1 aliphatic heterocycles. The molecule has 0 aliphatic carbocycles. The van der Waals surface area contributed by atoms with Gasteiger partial charge in [-0.05, 0) is 57.3 Å². The quantitative estimate of drug-likeness (QED) is 0.103. The van der Waals surface area contributed by atoms with E-state index in [9.17, 15) is 14.7 Å². The van der Waals surface area contributed by atoms with Gasteiger partial charge in [-0.15, -0.1) is 0 Å². The van der Waals surface area contributed by atoms with E-state index in [1.54, 1.807) is 0 Å². The Balaban J connectivity index is 0.000000153. The summed E-state index contributed by atoms with van der Waals surface area (Å²) in [6.07, 6.45) is 12.1. The van der Waals surface area contributed by atoms with Gasteiger partial charge in [-0.2, -0.15) is 0 Å². The van der Waals surface area contributed by atoms with Gasteiger partial charge in [0.2, 0.25) is 0 Å². The van der Waals surface area contributed by atoms with Gasteiger partial charge >= 0.3 is 5.97 Å². The lowest BCUT2D eigenvalue weighted by Crippen LogP contribution is -2.23. The molecule has 0 radical (unpaired) electrons. The first-order chi connectivity index (χ1) is 31.9. The second-order valence-corrected chi connectivity index (χ2v) is 16.1. The lowest BCUT2D eigenvalue weighted by atomic mass is 10.0. The van der Waals surface area contributed by atoms with Crippen molar-refractivity contribution in [3.05, 3.63) is 226 Å². The number of hydrogen-bond acceptors (Lipinski definition) is 5. The molecule has 65 heavy (non-hydrogen) atoms. The summed E-state index contributed by atoms with van der Waals surface area (Å²) in [6, 6.07) is 52.4. The molecular weight excluding hydrogens is 805 g/mol. The summed E-state index contributed by atoms with van der Waals surface area (Å²) in [4.78, 5) is 43.5. The van der Waals surface area contributed by atoms with E-state index in [1.165, 1.54) is 0 Å². The molecule has 0 unspecified atom stereocenters. The smallest absolute Gasteiger partial charge is 0.338 e. The van der Waals surface area contributed by atoms with Crippen LogP contribution >= 0.6 is 0 Å². The Morgan fingerprint density at radius 3 is 1.69 bits per heavy atom. The predicted octanol–water partition coefficient (Wildman–Crippen LogP) is 11.9. The highest BCUT2D eigenvalue weighted by atomic mass is 16.4. The molecule has 6 aromatic carbocycles. The van der Waals surface area contributed by atoms with Crippen molar-refractivity contribution in [2.24, 2.45) is 0 Å². The first kappa shape index (κ1) is 40.7. The summed E-state index contributed by atoms with van der Waals surface area (Å²) in [5.74, 6) is -0.891. The van der Waals surface area contributed by atoms with Gasteiger partial charge in [-0.3, -0.25) is 4.79 Å². The number of aromatic amines is 2. The Hall–Kier alpha value is -8.40. The molecule has 316 valence electrons. The minimum atomic E-state index is -0.958.